The molecule has 1 aromatic rings. The first-order valence-corrected chi connectivity index (χ1v) is 6.86. The number of nitrogens with two attached hydrogens (primary N) is 1. The largest absolute Gasteiger partial charge is 0.370 e. The van der Waals surface area contributed by atoms with Gasteiger partial charge in [0.15, 0.2) is 5.82 Å². The van der Waals surface area contributed by atoms with Crippen LogP contribution in [0, 0.1) is 0 Å². The van der Waals surface area contributed by atoms with Crippen molar-refractivity contribution in [1.82, 2.24) is 9.97 Å². The molecule has 0 bridgehead atoms. The van der Waals surface area contributed by atoms with Gasteiger partial charge in [0.25, 0.3) is 0 Å². The summed E-state index contributed by atoms with van der Waals surface area (Å²) in [7, 11) is 2.11. The zero-order valence-electron chi connectivity index (χ0n) is 11.0. The molecule has 2 heterocycles. The van der Waals surface area contributed by atoms with E-state index in [1.165, 1.54) is 32.1 Å². The third-order valence-electron chi connectivity index (χ3n) is 4.11. The summed E-state index contributed by atoms with van der Waals surface area (Å²) in [4.78, 5) is 13.3. The Labute approximate surface area is 108 Å². The number of nitrogen functional groups attached to an aromatic ring is 1. The number of nitrogens with zero attached hydrogens (tertiary/aromatic N) is 4. The van der Waals surface area contributed by atoms with E-state index in [9.17, 15) is 0 Å². The summed E-state index contributed by atoms with van der Waals surface area (Å²) in [5.74, 6) is 1.42. The van der Waals surface area contributed by atoms with Gasteiger partial charge in [-0.05, 0) is 19.3 Å². The van der Waals surface area contributed by atoms with Crippen molar-refractivity contribution >= 4 is 17.5 Å². The summed E-state index contributed by atoms with van der Waals surface area (Å²) in [6.45, 7) is 2.14. The van der Waals surface area contributed by atoms with Gasteiger partial charge in [-0.3, -0.25) is 0 Å². The van der Waals surface area contributed by atoms with Crippen LogP contribution < -0.4 is 15.5 Å². The van der Waals surface area contributed by atoms with E-state index in [0.29, 0.717) is 12.0 Å². The van der Waals surface area contributed by atoms with E-state index in [4.69, 9.17) is 5.73 Å². The Morgan fingerprint density at radius 3 is 2.78 bits per heavy atom. The van der Waals surface area contributed by atoms with Crippen LogP contribution in [0.15, 0.2) is 6.20 Å². The number of hydrogen-bond donors (Lipinski definition) is 1. The third kappa shape index (κ3) is 1.98. The highest BCUT2D eigenvalue weighted by molar-refractivity contribution is 5.68. The maximum atomic E-state index is 5.77. The van der Waals surface area contributed by atoms with E-state index in [1.54, 1.807) is 0 Å². The van der Waals surface area contributed by atoms with Gasteiger partial charge < -0.3 is 15.5 Å². The van der Waals surface area contributed by atoms with Gasteiger partial charge in [0, 0.05) is 26.2 Å². The molecule has 0 atom stereocenters. The molecular weight excluding hydrogens is 226 g/mol. The molecule has 0 radical (unpaired) electrons. The molecule has 18 heavy (non-hydrogen) atoms. The fourth-order valence-corrected chi connectivity index (χ4v) is 3.14. The number of anilines is 3. The average Bonchev–Trinajstić information content (AvgIpc) is 2.83. The molecule has 0 amide bonds. The van der Waals surface area contributed by atoms with Crippen molar-refractivity contribution in [3.8, 4) is 0 Å². The number of fused-ring (bicyclic) bond motifs is 1. The topological polar surface area (TPSA) is 58.3 Å². The molecule has 2 aliphatic rings. The highest BCUT2D eigenvalue weighted by Gasteiger charge is 2.28. The highest BCUT2D eigenvalue weighted by atomic mass is 15.3. The molecule has 1 aliphatic carbocycles. The second-order valence-electron chi connectivity index (χ2n) is 5.34. The first-order chi connectivity index (χ1) is 8.75. The molecule has 98 valence electrons. The summed E-state index contributed by atoms with van der Waals surface area (Å²) >= 11 is 0. The minimum absolute atomic E-state index is 0.382. The number of aromatic nitrogens is 2. The van der Waals surface area contributed by atoms with Crippen molar-refractivity contribution < 1.29 is 0 Å². The van der Waals surface area contributed by atoms with E-state index in [2.05, 4.69) is 26.8 Å². The lowest BCUT2D eigenvalue weighted by Gasteiger charge is -2.30. The minimum Gasteiger partial charge on any atom is -0.370 e. The summed E-state index contributed by atoms with van der Waals surface area (Å²) in [5.41, 5.74) is 6.89. The van der Waals surface area contributed by atoms with E-state index in [1.807, 2.05) is 6.20 Å². The molecule has 0 spiro atoms. The van der Waals surface area contributed by atoms with Crippen molar-refractivity contribution in [1.29, 1.82) is 0 Å². The normalized spacial score (nSPS) is 20.9. The molecule has 1 saturated carbocycles. The van der Waals surface area contributed by atoms with Gasteiger partial charge >= 0.3 is 0 Å². The molecule has 0 saturated heterocycles. The molecule has 2 N–H and O–H groups in total. The van der Waals surface area contributed by atoms with Gasteiger partial charge in [-0.15, -0.1) is 0 Å². The second kappa shape index (κ2) is 4.63. The first kappa shape index (κ1) is 11.6. The predicted molar refractivity (Wildman–Crippen MR) is 73.9 cm³/mol. The quantitative estimate of drug-likeness (QED) is 0.817. The van der Waals surface area contributed by atoms with Gasteiger partial charge in [-0.1, -0.05) is 12.8 Å². The first-order valence-electron chi connectivity index (χ1n) is 6.86. The van der Waals surface area contributed by atoms with Crippen molar-refractivity contribution in [2.24, 2.45) is 0 Å². The summed E-state index contributed by atoms with van der Waals surface area (Å²) in [6, 6.07) is 0.643. The minimum atomic E-state index is 0.382. The zero-order chi connectivity index (χ0) is 12.5. The fourth-order valence-electron chi connectivity index (χ4n) is 3.14. The van der Waals surface area contributed by atoms with Gasteiger partial charge in [-0.2, -0.15) is 4.98 Å². The lowest BCUT2D eigenvalue weighted by atomic mass is 10.2. The van der Waals surface area contributed by atoms with Crippen molar-refractivity contribution in [2.75, 3.05) is 35.7 Å². The van der Waals surface area contributed by atoms with Crippen LogP contribution in [0.5, 0.6) is 0 Å². The fraction of sp³-hybridized carbons (Fsp3) is 0.692. The van der Waals surface area contributed by atoms with E-state index >= 15 is 0 Å². The number of rotatable bonds is 1. The van der Waals surface area contributed by atoms with Crippen molar-refractivity contribution in [3.05, 3.63) is 6.20 Å². The Hall–Kier alpha value is -1.52. The smallest absolute Gasteiger partial charge is 0.222 e. The predicted octanol–water partition coefficient (Wildman–Crippen LogP) is 1.65. The standard InChI is InChI=1S/C13H21N5/c1-17-7-4-8-18(10-5-2-3-6-10)12-11(17)9-15-13(14)16-12/h9-10H,2-8H2,1H3,(H2,14,15,16). The van der Waals surface area contributed by atoms with Crippen LogP contribution in [0.4, 0.5) is 17.5 Å². The maximum absolute atomic E-state index is 5.77. The van der Waals surface area contributed by atoms with Crippen LogP contribution in [0.3, 0.4) is 0 Å². The van der Waals surface area contributed by atoms with E-state index < -0.39 is 0 Å². The highest BCUT2D eigenvalue weighted by Crippen LogP contribution is 2.34. The van der Waals surface area contributed by atoms with Gasteiger partial charge in [0.2, 0.25) is 5.95 Å². The van der Waals surface area contributed by atoms with E-state index in [-0.39, 0.29) is 0 Å². The molecule has 5 heteroatoms. The van der Waals surface area contributed by atoms with Crippen LogP contribution in [-0.2, 0) is 0 Å². The summed E-state index contributed by atoms with van der Waals surface area (Å²) in [6.07, 6.45) is 8.29. The third-order valence-corrected chi connectivity index (χ3v) is 4.11. The second-order valence-corrected chi connectivity index (χ2v) is 5.34. The van der Waals surface area contributed by atoms with Crippen LogP contribution in [0.1, 0.15) is 32.1 Å². The SMILES string of the molecule is CN1CCCN(C2CCCC2)c2nc(N)ncc21. The van der Waals surface area contributed by atoms with Crippen LogP contribution >= 0.6 is 0 Å². The zero-order valence-corrected chi connectivity index (χ0v) is 11.0. The molecule has 1 aromatic heterocycles. The summed E-state index contributed by atoms with van der Waals surface area (Å²) < 4.78 is 0. The lowest BCUT2D eigenvalue weighted by Crippen LogP contribution is -2.34. The Bertz CT molecular complexity index is 427. The average molecular weight is 247 g/mol. The monoisotopic (exact) mass is 247 g/mol. The molecular formula is C13H21N5. The van der Waals surface area contributed by atoms with Gasteiger partial charge in [0.05, 0.1) is 11.9 Å². The van der Waals surface area contributed by atoms with Crippen LogP contribution in [0.25, 0.3) is 0 Å². The summed E-state index contributed by atoms with van der Waals surface area (Å²) in [5, 5.41) is 0. The van der Waals surface area contributed by atoms with Crippen molar-refractivity contribution in [3.63, 3.8) is 0 Å². The van der Waals surface area contributed by atoms with E-state index in [0.717, 1.165) is 24.6 Å². The molecule has 0 aromatic carbocycles. The Kier molecular flexibility index (Phi) is 2.97. The van der Waals surface area contributed by atoms with Gasteiger partial charge in [-0.25, -0.2) is 4.98 Å². The Morgan fingerprint density at radius 2 is 2.00 bits per heavy atom. The Morgan fingerprint density at radius 1 is 1.22 bits per heavy atom. The van der Waals surface area contributed by atoms with Crippen LogP contribution in [-0.4, -0.2) is 36.1 Å². The molecule has 0 unspecified atom stereocenters. The molecule has 1 fully saturated rings. The molecule has 1 aliphatic heterocycles. The van der Waals surface area contributed by atoms with Crippen molar-refractivity contribution in [2.45, 2.75) is 38.1 Å². The van der Waals surface area contributed by atoms with Crippen LogP contribution in [0.2, 0.25) is 0 Å². The Balaban J connectivity index is 2.00. The maximum Gasteiger partial charge on any atom is 0.222 e. The molecule has 3 rings (SSSR count). The lowest BCUT2D eigenvalue weighted by molar-refractivity contribution is 0.594. The van der Waals surface area contributed by atoms with Gasteiger partial charge in [0.1, 0.15) is 0 Å². The number of hydrogen-bond acceptors (Lipinski definition) is 5. The molecule has 5 nitrogen and oxygen atoms in total.